The molecule has 27 heavy (non-hydrogen) atoms. The Kier molecular flexibility index (Phi) is 5.27. The molecule has 1 aliphatic heterocycles. The lowest BCUT2D eigenvalue weighted by atomic mass is 9.73. The quantitative estimate of drug-likeness (QED) is 0.486. The fourth-order valence-electron chi connectivity index (χ4n) is 3.87. The molecular weight excluding hydrogens is 366 g/mol. The Morgan fingerprint density at radius 2 is 1.56 bits per heavy atom. The van der Waals surface area contributed by atoms with E-state index in [1.54, 1.807) is 30.3 Å². The van der Waals surface area contributed by atoms with Gasteiger partial charge in [0.1, 0.15) is 5.76 Å². The lowest BCUT2D eigenvalue weighted by Gasteiger charge is -2.33. The highest BCUT2D eigenvalue weighted by Crippen LogP contribution is 2.37. The van der Waals surface area contributed by atoms with Crippen molar-refractivity contribution in [1.82, 2.24) is 4.31 Å². The summed E-state index contributed by atoms with van der Waals surface area (Å²) >= 11 is 0. The Bertz CT molecular complexity index is 856. The first-order valence-corrected chi connectivity index (χ1v) is 10.6. The van der Waals surface area contributed by atoms with E-state index in [-0.39, 0.29) is 65.1 Å². The van der Waals surface area contributed by atoms with Crippen molar-refractivity contribution in [1.29, 1.82) is 0 Å². The monoisotopic (exact) mass is 391 g/mol. The molecule has 0 unspecified atom stereocenters. The van der Waals surface area contributed by atoms with Gasteiger partial charge in [-0.2, -0.15) is 4.31 Å². The van der Waals surface area contributed by atoms with Gasteiger partial charge < -0.3 is 5.11 Å². The van der Waals surface area contributed by atoms with Gasteiger partial charge in [-0.15, -0.1) is 0 Å². The van der Waals surface area contributed by atoms with Gasteiger partial charge in [-0.3, -0.25) is 9.59 Å². The van der Waals surface area contributed by atoms with Gasteiger partial charge in [0.15, 0.2) is 11.6 Å². The van der Waals surface area contributed by atoms with Crippen LogP contribution in [0, 0.1) is 11.3 Å². The highest BCUT2D eigenvalue weighted by Gasteiger charge is 2.40. The zero-order chi connectivity index (χ0) is 19.8. The lowest BCUT2D eigenvalue weighted by molar-refractivity contribution is -0.127. The maximum atomic E-state index is 12.7. The molecule has 1 saturated carbocycles. The van der Waals surface area contributed by atoms with Crippen molar-refractivity contribution in [2.75, 3.05) is 13.1 Å². The standard InChI is InChI=1S/C20H25NO5S/c1-20(2)12-16(22)18(17(23)13-20)19(24)14-8-10-21(11-9-14)27(25,26)15-6-4-3-5-7-15/h3-7,14,24H,8-13H2,1-2H3. The predicted molar refractivity (Wildman–Crippen MR) is 101 cm³/mol. The van der Waals surface area contributed by atoms with Crippen LogP contribution in [0.25, 0.3) is 0 Å². The number of hydrogen-bond acceptors (Lipinski definition) is 5. The van der Waals surface area contributed by atoms with Crippen LogP contribution in [0.3, 0.4) is 0 Å². The van der Waals surface area contributed by atoms with Crippen LogP contribution in [0.1, 0.15) is 39.5 Å². The van der Waals surface area contributed by atoms with Gasteiger partial charge in [0.25, 0.3) is 0 Å². The van der Waals surface area contributed by atoms with E-state index in [1.807, 2.05) is 13.8 Å². The molecular formula is C20H25NO5S. The van der Waals surface area contributed by atoms with E-state index >= 15 is 0 Å². The SMILES string of the molecule is CC1(C)CC(=O)C(=C(O)C2CCN(S(=O)(=O)c3ccccc3)CC2)C(=O)C1. The molecule has 1 aliphatic carbocycles. The van der Waals surface area contributed by atoms with Crippen molar-refractivity contribution in [3.05, 3.63) is 41.7 Å². The second-order valence-corrected chi connectivity index (χ2v) is 10.1. The van der Waals surface area contributed by atoms with E-state index in [2.05, 4.69) is 0 Å². The highest BCUT2D eigenvalue weighted by molar-refractivity contribution is 7.89. The number of Topliss-reactive ketones (excluding diaryl/α,β-unsaturated/α-hetero) is 2. The van der Waals surface area contributed by atoms with Gasteiger partial charge in [0.05, 0.1) is 10.5 Å². The Morgan fingerprint density at radius 3 is 2.07 bits per heavy atom. The van der Waals surface area contributed by atoms with Gasteiger partial charge in [-0.25, -0.2) is 8.42 Å². The van der Waals surface area contributed by atoms with Crippen molar-refractivity contribution < 1.29 is 23.1 Å². The van der Waals surface area contributed by atoms with Crippen LogP contribution in [0.4, 0.5) is 0 Å². The molecule has 0 amide bonds. The molecule has 1 N–H and O–H groups in total. The van der Waals surface area contributed by atoms with Gasteiger partial charge >= 0.3 is 0 Å². The first kappa shape index (κ1) is 19.8. The van der Waals surface area contributed by atoms with Crippen molar-refractivity contribution in [2.24, 2.45) is 11.3 Å². The summed E-state index contributed by atoms with van der Waals surface area (Å²) < 4.78 is 26.8. The maximum absolute atomic E-state index is 12.7. The Balaban J connectivity index is 1.74. The van der Waals surface area contributed by atoms with E-state index < -0.39 is 10.0 Å². The number of aliphatic hydroxyl groups excluding tert-OH is 1. The summed E-state index contributed by atoms with van der Waals surface area (Å²) in [7, 11) is -3.57. The van der Waals surface area contributed by atoms with E-state index in [9.17, 15) is 23.1 Å². The van der Waals surface area contributed by atoms with E-state index in [0.717, 1.165) is 0 Å². The number of aliphatic hydroxyl groups is 1. The number of carbonyl (C=O) groups is 2. The van der Waals surface area contributed by atoms with Crippen LogP contribution in [-0.4, -0.2) is 42.5 Å². The number of piperidine rings is 1. The Hall–Kier alpha value is -1.99. The third-order valence-electron chi connectivity index (χ3n) is 5.31. The molecule has 3 rings (SSSR count). The van der Waals surface area contributed by atoms with Crippen LogP contribution in [0.15, 0.2) is 46.6 Å². The van der Waals surface area contributed by atoms with Crippen molar-refractivity contribution in [3.63, 3.8) is 0 Å². The van der Waals surface area contributed by atoms with E-state index in [0.29, 0.717) is 12.8 Å². The molecule has 1 aromatic rings. The van der Waals surface area contributed by atoms with Crippen molar-refractivity contribution in [3.8, 4) is 0 Å². The maximum Gasteiger partial charge on any atom is 0.243 e. The number of allylic oxidation sites excluding steroid dienone is 2. The van der Waals surface area contributed by atoms with Crippen LogP contribution < -0.4 is 0 Å². The molecule has 0 radical (unpaired) electrons. The highest BCUT2D eigenvalue weighted by atomic mass is 32.2. The second kappa shape index (κ2) is 7.20. The molecule has 0 spiro atoms. The second-order valence-electron chi connectivity index (χ2n) is 8.12. The number of benzene rings is 1. The number of hydrogen-bond donors (Lipinski definition) is 1. The molecule has 1 heterocycles. The Labute approximate surface area is 159 Å². The minimum absolute atomic E-state index is 0.0707. The summed E-state index contributed by atoms with van der Waals surface area (Å²) in [6.07, 6.45) is 1.23. The molecule has 0 atom stereocenters. The summed E-state index contributed by atoms with van der Waals surface area (Å²) in [5.74, 6) is -1.14. The summed E-state index contributed by atoms with van der Waals surface area (Å²) in [5.41, 5.74) is -0.455. The van der Waals surface area contributed by atoms with Gasteiger partial charge in [0, 0.05) is 31.8 Å². The zero-order valence-corrected chi connectivity index (χ0v) is 16.5. The van der Waals surface area contributed by atoms with Gasteiger partial charge in [-0.1, -0.05) is 32.0 Å². The average molecular weight is 391 g/mol. The number of sulfonamides is 1. The normalized spacial score (nSPS) is 22.1. The third-order valence-corrected chi connectivity index (χ3v) is 7.23. The molecule has 0 aromatic heterocycles. The third kappa shape index (κ3) is 3.99. The summed E-state index contributed by atoms with van der Waals surface area (Å²) in [6.45, 7) is 4.22. The lowest BCUT2D eigenvalue weighted by Crippen LogP contribution is -2.40. The molecule has 6 nitrogen and oxygen atoms in total. The topological polar surface area (TPSA) is 91.8 Å². The summed E-state index contributed by atoms with van der Waals surface area (Å²) in [4.78, 5) is 25.0. The first-order valence-electron chi connectivity index (χ1n) is 9.16. The fraction of sp³-hybridized carbons (Fsp3) is 0.500. The zero-order valence-electron chi connectivity index (χ0n) is 15.6. The van der Waals surface area contributed by atoms with Crippen molar-refractivity contribution >= 4 is 21.6 Å². The molecule has 2 fully saturated rings. The van der Waals surface area contributed by atoms with E-state index in [1.165, 1.54) is 4.31 Å². The van der Waals surface area contributed by atoms with Gasteiger partial charge in [0.2, 0.25) is 10.0 Å². The van der Waals surface area contributed by atoms with Crippen LogP contribution in [0.5, 0.6) is 0 Å². The number of nitrogens with zero attached hydrogens (tertiary/aromatic N) is 1. The Morgan fingerprint density at radius 1 is 1.04 bits per heavy atom. The van der Waals surface area contributed by atoms with Crippen LogP contribution >= 0.6 is 0 Å². The molecule has 1 aromatic carbocycles. The molecule has 2 aliphatic rings. The number of rotatable bonds is 3. The fourth-order valence-corrected chi connectivity index (χ4v) is 5.36. The molecule has 7 heteroatoms. The minimum atomic E-state index is -3.57. The summed E-state index contributed by atoms with van der Waals surface area (Å²) in [6, 6.07) is 8.23. The number of carbonyl (C=O) groups excluding carboxylic acids is 2. The smallest absolute Gasteiger partial charge is 0.243 e. The predicted octanol–water partition coefficient (Wildman–Crippen LogP) is 2.86. The minimum Gasteiger partial charge on any atom is -0.511 e. The molecule has 1 saturated heterocycles. The largest absolute Gasteiger partial charge is 0.511 e. The van der Waals surface area contributed by atoms with Crippen molar-refractivity contribution in [2.45, 2.75) is 44.4 Å². The molecule has 0 bridgehead atoms. The average Bonchev–Trinajstić information content (AvgIpc) is 2.61. The van der Waals surface area contributed by atoms with Crippen LogP contribution in [0.2, 0.25) is 0 Å². The number of ketones is 2. The van der Waals surface area contributed by atoms with Crippen LogP contribution in [-0.2, 0) is 19.6 Å². The first-order chi connectivity index (χ1) is 12.6. The summed E-state index contributed by atoms with van der Waals surface area (Å²) in [5, 5.41) is 10.6. The van der Waals surface area contributed by atoms with Gasteiger partial charge in [-0.05, 0) is 30.4 Å². The molecule has 146 valence electrons. The van der Waals surface area contributed by atoms with E-state index in [4.69, 9.17) is 0 Å².